The zero-order valence-corrected chi connectivity index (χ0v) is 9.60. The van der Waals surface area contributed by atoms with E-state index in [2.05, 4.69) is 31.2 Å². The highest BCUT2D eigenvalue weighted by molar-refractivity contribution is 4.91. The van der Waals surface area contributed by atoms with Crippen molar-refractivity contribution in [1.29, 1.82) is 0 Å². The molecule has 2 heterocycles. The largest absolute Gasteiger partial charge is 0.317 e. The fraction of sp³-hybridized carbons (Fsp3) is 1.00. The lowest BCUT2D eigenvalue weighted by molar-refractivity contribution is -0.166. The maximum atomic E-state index is 5.82. The molecule has 0 radical (unpaired) electrons. The van der Waals surface area contributed by atoms with Crippen molar-refractivity contribution in [3.05, 3.63) is 0 Å². The van der Waals surface area contributed by atoms with Crippen LogP contribution >= 0.6 is 0 Å². The van der Waals surface area contributed by atoms with Crippen LogP contribution in [0.25, 0.3) is 0 Å². The van der Waals surface area contributed by atoms with E-state index in [4.69, 9.17) is 4.84 Å². The Morgan fingerprint density at radius 2 is 1.86 bits per heavy atom. The second-order valence-electron chi connectivity index (χ2n) is 5.73. The Kier molecular flexibility index (Phi) is 2.58. The summed E-state index contributed by atoms with van der Waals surface area (Å²) < 4.78 is 0. The van der Waals surface area contributed by atoms with Crippen LogP contribution in [0.4, 0.5) is 0 Å². The van der Waals surface area contributed by atoms with Gasteiger partial charge in [0.25, 0.3) is 0 Å². The standard InChI is InChI=1S/C11H22N2O/c1-10(2,3)13-8-11(9-14-13)4-6-12-7-5-11/h12H,4-9H2,1-3H3. The summed E-state index contributed by atoms with van der Waals surface area (Å²) in [7, 11) is 0. The van der Waals surface area contributed by atoms with Gasteiger partial charge in [-0.3, -0.25) is 4.84 Å². The van der Waals surface area contributed by atoms with Crippen molar-refractivity contribution in [2.45, 2.75) is 39.2 Å². The summed E-state index contributed by atoms with van der Waals surface area (Å²) >= 11 is 0. The van der Waals surface area contributed by atoms with Crippen LogP contribution in [0, 0.1) is 5.41 Å². The number of hydroxylamine groups is 2. The minimum atomic E-state index is 0.147. The zero-order valence-electron chi connectivity index (χ0n) is 9.60. The van der Waals surface area contributed by atoms with Crippen LogP contribution in [0.2, 0.25) is 0 Å². The third kappa shape index (κ3) is 1.95. The molecule has 0 aliphatic carbocycles. The number of nitrogens with one attached hydrogen (secondary N) is 1. The topological polar surface area (TPSA) is 24.5 Å². The molecular weight excluding hydrogens is 176 g/mol. The van der Waals surface area contributed by atoms with Gasteiger partial charge in [0.2, 0.25) is 0 Å². The first-order valence-corrected chi connectivity index (χ1v) is 5.63. The second-order valence-corrected chi connectivity index (χ2v) is 5.73. The Bertz CT molecular complexity index is 204. The number of nitrogens with zero attached hydrogens (tertiary/aromatic N) is 1. The molecule has 0 bridgehead atoms. The van der Waals surface area contributed by atoms with Gasteiger partial charge in [0.15, 0.2) is 0 Å². The van der Waals surface area contributed by atoms with Crippen molar-refractivity contribution in [2.75, 3.05) is 26.2 Å². The molecule has 0 atom stereocenters. The Morgan fingerprint density at radius 1 is 1.21 bits per heavy atom. The summed E-state index contributed by atoms with van der Waals surface area (Å²) in [5.74, 6) is 0. The molecule has 0 aromatic rings. The second kappa shape index (κ2) is 3.47. The van der Waals surface area contributed by atoms with E-state index >= 15 is 0 Å². The van der Waals surface area contributed by atoms with Crippen LogP contribution in [0.3, 0.4) is 0 Å². The minimum absolute atomic E-state index is 0.147. The lowest BCUT2D eigenvalue weighted by Crippen LogP contribution is -2.43. The molecule has 1 spiro atoms. The van der Waals surface area contributed by atoms with Crippen molar-refractivity contribution in [1.82, 2.24) is 10.4 Å². The first kappa shape index (κ1) is 10.4. The molecule has 0 unspecified atom stereocenters. The van der Waals surface area contributed by atoms with E-state index in [1.54, 1.807) is 0 Å². The third-order valence-corrected chi connectivity index (χ3v) is 3.42. The summed E-state index contributed by atoms with van der Waals surface area (Å²) in [5, 5.41) is 5.58. The highest BCUT2D eigenvalue weighted by atomic mass is 16.7. The molecule has 3 heteroatoms. The number of hydrogen-bond acceptors (Lipinski definition) is 3. The molecule has 2 aliphatic heterocycles. The van der Waals surface area contributed by atoms with Crippen LogP contribution in [0.1, 0.15) is 33.6 Å². The fourth-order valence-corrected chi connectivity index (χ4v) is 2.30. The van der Waals surface area contributed by atoms with Gasteiger partial charge in [-0.1, -0.05) is 0 Å². The molecule has 3 nitrogen and oxygen atoms in total. The van der Waals surface area contributed by atoms with Crippen molar-refractivity contribution < 1.29 is 4.84 Å². The first-order chi connectivity index (χ1) is 6.52. The van der Waals surface area contributed by atoms with Gasteiger partial charge in [-0.2, -0.15) is 5.06 Å². The van der Waals surface area contributed by atoms with Crippen LogP contribution in [0.5, 0.6) is 0 Å². The zero-order chi connectivity index (χ0) is 10.2. The molecule has 2 rings (SSSR count). The van der Waals surface area contributed by atoms with Gasteiger partial charge in [-0.15, -0.1) is 0 Å². The number of piperidine rings is 1. The molecule has 2 saturated heterocycles. The van der Waals surface area contributed by atoms with E-state index < -0.39 is 0 Å². The third-order valence-electron chi connectivity index (χ3n) is 3.42. The summed E-state index contributed by atoms with van der Waals surface area (Å²) in [6.45, 7) is 11.0. The summed E-state index contributed by atoms with van der Waals surface area (Å²) in [6.07, 6.45) is 2.53. The normalized spacial score (nSPS) is 28.5. The van der Waals surface area contributed by atoms with Crippen molar-refractivity contribution in [2.24, 2.45) is 5.41 Å². The van der Waals surface area contributed by atoms with Gasteiger partial charge < -0.3 is 5.32 Å². The molecule has 2 aliphatic rings. The molecular formula is C11H22N2O. The van der Waals surface area contributed by atoms with Crippen molar-refractivity contribution in [3.63, 3.8) is 0 Å². The molecule has 1 N–H and O–H groups in total. The predicted octanol–water partition coefficient (Wildman–Crippen LogP) is 1.40. The summed E-state index contributed by atoms with van der Waals surface area (Å²) in [5.41, 5.74) is 0.590. The first-order valence-electron chi connectivity index (χ1n) is 5.63. The van der Waals surface area contributed by atoms with Gasteiger partial charge >= 0.3 is 0 Å². The Morgan fingerprint density at radius 3 is 2.36 bits per heavy atom. The molecule has 14 heavy (non-hydrogen) atoms. The maximum Gasteiger partial charge on any atom is 0.0755 e. The predicted molar refractivity (Wildman–Crippen MR) is 56.9 cm³/mol. The monoisotopic (exact) mass is 198 g/mol. The lowest BCUT2D eigenvalue weighted by Gasteiger charge is -2.34. The van der Waals surface area contributed by atoms with Crippen LogP contribution in [-0.4, -0.2) is 36.8 Å². The van der Waals surface area contributed by atoms with Crippen LogP contribution in [0.15, 0.2) is 0 Å². The van der Waals surface area contributed by atoms with Crippen LogP contribution < -0.4 is 5.32 Å². The molecule has 82 valence electrons. The van der Waals surface area contributed by atoms with E-state index in [1.165, 1.54) is 12.8 Å². The molecule has 2 fully saturated rings. The SMILES string of the molecule is CC(C)(C)N1CC2(CCNCC2)CO1. The Labute approximate surface area is 86.8 Å². The van der Waals surface area contributed by atoms with E-state index in [0.717, 1.165) is 26.2 Å². The molecule has 0 saturated carbocycles. The average molecular weight is 198 g/mol. The van der Waals surface area contributed by atoms with Gasteiger partial charge in [0, 0.05) is 17.5 Å². The Balaban J connectivity index is 1.99. The van der Waals surface area contributed by atoms with E-state index in [9.17, 15) is 0 Å². The van der Waals surface area contributed by atoms with Gasteiger partial charge in [0.05, 0.1) is 6.61 Å². The highest BCUT2D eigenvalue weighted by Crippen LogP contribution is 2.37. The van der Waals surface area contributed by atoms with Gasteiger partial charge in [-0.25, -0.2) is 0 Å². The molecule has 0 amide bonds. The quantitative estimate of drug-likeness (QED) is 0.637. The molecule has 0 aromatic carbocycles. The summed E-state index contributed by atoms with van der Waals surface area (Å²) in [6, 6.07) is 0. The summed E-state index contributed by atoms with van der Waals surface area (Å²) in [4.78, 5) is 5.82. The average Bonchev–Trinajstić information content (AvgIpc) is 2.50. The van der Waals surface area contributed by atoms with Gasteiger partial charge in [0.1, 0.15) is 0 Å². The van der Waals surface area contributed by atoms with Crippen molar-refractivity contribution >= 4 is 0 Å². The maximum absolute atomic E-state index is 5.82. The van der Waals surface area contributed by atoms with Crippen molar-refractivity contribution in [3.8, 4) is 0 Å². The van der Waals surface area contributed by atoms with Crippen LogP contribution in [-0.2, 0) is 4.84 Å². The minimum Gasteiger partial charge on any atom is -0.317 e. The number of hydrogen-bond donors (Lipinski definition) is 1. The fourth-order valence-electron chi connectivity index (χ4n) is 2.30. The van der Waals surface area contributed by atoms with E-state index in [-0.39, 0.29) is 5.54 Å². The lowest BCUT2D eigenvalue weighted by atomic mass is 9.80. The van der Waals surface area contributed by atoms with E-state index in [0.29, 0.717) is 5.41 Å². The smallest absolute Gasteiger partial charge is 0.0755 e. The Hall–Kier alpha value is -0.120. The van der Waals surface area contributed by atoms with E-state index in [1.807, 2.05) is 0 Å². The number of rotatable bonds is 0. The molecule has 0 aromatic heterocycles. The van der Waals surface area contributed by atoms with Gasteiger partial charge in [-0.05, 0) is 46.7 Å². The highest BCUT2D eigenvalue weighted by Gasteiger charge is 2.43.